The van der Waals surface area contributed by atoms with Gasteiger partial charge in [-0.15, -0.1) is 11.8 Å². The van der Waals surface area contributed by atoms with E-state index >= 15 is 0 Å². The third-order valence-corrected chi connectivity index (χ3v) is 5.64. The number of amides is 1. The number of fused-ring (bicyclic) bond motifs is 1. The van der Waals surface area contributed by atoms with Crippen LogP contribution in [0.2, 0.25) is 0 Å². The minimum absolute atomic E-state index is 0.0553. The number of benzene rings is 1. The summed E-state index contributed by atoms with van der Waals surface area (Å²) in [6.07, 6.45) is 3.35. The van der Waals surface area contributed by atoms with E-state index in [1.54, 1.807) is 0 Å². The van der Waals surface area contributed by atoms with Gasteiger partial charge in [-0.3, -0.25) is 4.79 Å². The van der Waals surface area contributed by atoms with E-state index < -0.39 is 0 Å². The molecule has 1 aromatic rings. The molecule has 0 saturated carbocycles. The molecule has 0 bridgehead atoms. The zero-order valence-electron chi connectivity index (χ0n) is 12.7. The van der Waals surface area contributed by atoms with Gasteiger partial charge in [0.15, 0.2) is 0 Å². The number of hydrogen-bond donors (Lipinski definition) is 1. The first kappa shape index (κ1) is 14.9. The quantitative estimate of drug-likeness (QED) is 0.928. The summed E-state index contributed by atoms with van der Waals surface area (Å²) >= 11 is 1.82. The molecule has 2 aliphatic heterocycles. The van der Waals surface area contributed by atoms with E-state index in [0.717, 1.165) is 38.2 Å². The molecule has 0 aromatic heterocycles. The predicted molar refractivity (Wildman–Crippen MR) is 87.8 cm³/mol. The maximum Gasteiger partial charge on any atom is 0.231 e. The average molecular weight is 304 g/mol. The van der Waals surface area contributed by atoms with E-state index in [0.29, 0.717) is 11.9 Å². The molecular weight excluding hydrogens is 280 g/mol. The second kappa shape index (κ2) is 6.84. The topological polar surface area (TPSA) is 32.3 Å². The lowest BCUT2D eigenvalue weighted by Crippen LogP contribution is -2.50. The van der Waals surface area contributed by atoms with Gasteiger partial charge in [0.05, 0.1) is 5.92 Å². The molecule has 3 nitrogen and oxygen atoms in total. The minimum Gasteiger partial charge on any atom is -0.338 e. The lowest BCUT2D eigenvalue weighted by molar-refractivity contribution is -0.135. The lowest BCUT2D eigenvalue weighted by atomic mass is 9.97. The van der Waals surface area contributed by atoms with Gasteiger partial charge < -0.3 is 10.2 Å². The van der Waals surface area contributed by atoms with Crippen LogP contribution in [0.5, 0.6) is 0 Å². The molecule has 4 heteroatoms. The number of rotatable bonds is 4. The van der Waals surface area contributed by atoms with Crippen LogP contribution in [0.3, 0.4) is 0 Å². The fourth-order valence-electron chi connectivity index (χ4n) is 3.38. The summed E-state index contributed by atoms with van der Waals surface area (Å²) in [5.41, 5.74) is 1.23. The van der Waals surface area contributed by atoms with Crippen molar-refractivity contribution in [1.82, 2.24) is 10.2 Å². The van der Waals surface area contributed by atoms with Crippen molar-refractivity contribution < 1.29 is 4.79 Å². The number of carbonyl (C=O) groups excluding carboxylic acids is 1. The Kier molecular flexibility index (Phi) is 4.86. The maximum atomic E-state index is 13.1. The Morgan fingerprint density at radius 1 is 1.43 bits per heavy atom. The van der Waals surface area contributed by atoms with Crippen molar-refractivity contribution in [3.63, 3.8) is 0 Å². The normalized spacial score (nSPS) is 24.6. The highest BCUT2D eigenvalue weighted by Gasteiger charge is 2.34. The standard InChI is InChI=1S/C17H24N2OS/c1-2-10-19(13-6-5-9-18-11-13)17(20)15-12-21-16-8-4-3-7-14(15)16/h3-4,7-8,13,15,18H,2,5-6,9-12H2,1H3. The summed E-state index contributed by atoms with van der Waals surface area (Å²) in [6, 6.07) is 8.76. The third kappa shape index (κ3) is 3.11. The number of carbonyl (C=O) groups is 1. The van der Waals surface area contributed by atoms with Crippen molar-refractivity contribution in [2.45, 2.75) is 43.0 Å². The van der Waals surface area contributed by atoms with E-state index in [2.05, 4.69) is 41.4 Å². The molecule has 114 valence electrons. The Hall–Kier alpha value is -1.00. The summed E-state index contributed by atoms with van der Waals surface area (Å²) in [4.78, 5) is 16.5. The Morgan fingerprint density at radius 3 is 3.05 bits per heavy atom. The fraction of sp³-hybridized carbons (Fsp3) is 0.588. The molecule has 0 aliphatic carbocycles. The van der Waals surface area contributed by atoms with Crippen LogP contribution in [0.4, 0.5) is 0 Å². The lowest BCUT2D eigenvalue weighted by Gasteiger charge is -2.36. The Balaban J connectivity index is 1.78. The van der Waals surface area contributed by atoms with E-state index in [1.165, 1.54) is 16.9 Å². The van der Waals surface area contributed by atoms with Gasteiger partial charge in [-0.05, 0) is 37.4 Å². The van der Waals surface area contributed by atoms with Gasteiger partial charge in [0.2, 0.25) is 5.91 Å². The summed E-state index contributed by atoms with van der Waals surface area (Å²) in [5.74, 6) is 1.29. The van der Waals surface area contributed by atoms with Crippen molar-refractivity contribution in [1.29, 1.82) is 0 Å². The number of nitrogens with one attached hydrogen (secondary N) is 1. The maximum absolute atomic E-state index is 13.1. The van der Waals surface area contributed by atoms with Crippen LogP contribution in [0.1, 0.15) is 37.7 Å². The van der Waals surface area contributed by atoms with E-state index in [4.69, 9.17) is 0 Å². The van der Waals surface area contributed by atoms with E-state index in [1.807, 2.05) is 11.8 Å². The zero-order valence-corrected chi connectivity index (χ0v) is 13.5. The monoisotopic (exact) mass is 304 g/mol. The second-order valence-corrected chi connectivity index (χ2v) is 7.00. The molecule has 1 saturated heterocycles. The molecule has 1 N–H and O–H groups in total. The Morgan fingerprint density at radius 2 is 2.29 bits per heavy atom. The average Bonchev–Trinajstić information content (AvgIpc) is 2.97. The summed E-state index contributed by atoms with van der Waals surface area (Å²) in [6.45, 7) is 5.09. The molecule has 2 atom stereocenters. The number of piperidine rings is 1. The van der Waals surface area contributed by atoms with Crippen molar-refractivity contribution in [2.75, 3.05) is 25.4 Å². The van der Waals surface area contributed by atoms with Crippen molar-refractivity contribution in [3.8, 4) is 0 Å². The van der Waals surface area contributed by atoms with Crippen LogP contribution in [0.15, 0.2) is 29.2 Å². The Labute approximate surface area is 131 Å². The predicted octanol–water partition coefficient (Wildman–Crippen LogP) is 2.87. The molecule has 1 fully saturated rings. The molecule has 21 heavy (non-hydrogen) atoms. The van der Waals surface area contributed by atoms with Gasteiger partial charge in [0.1, 0.15) is 0 Å². The highest BCUT2D eigenvalue weighted by molar-refractivity contribution is 7.99. The highest BCUT2D eigenvalue weighted by atomic mass is 32.2. The van der Waals surface area contributed by atoms with Crippen LogP contribution in [0.25, 0.3) is 0 Å². The van der Waals surface area contributed by atoms with Crippen LogP contribution in [-0.4, -0.2) is 42.2 Å². The van der Waals surface area contributed by atoms with Crippen molar-refractivity contribution >= 4 is 17.7 Å². The van der Waals surface area contributed by atoms with Gasteiger partial charge >= 0.3 is 0 Å². The summed E-state index contributed by atoms with van der Waals surface area (Å²) in [5, 5.41) is 3.44. The Bertz CT molecular complexity index is 499. The minimum atomic E-state index is 0.0553. The zero-order chi connectivity index (χ0) is 14.7. The summed E-state index contributed by atoms with van der Waals surface area (Å²) < 4.78 is 0. The highest BCUT2D eigenvalue weighted by Crippen LogP contribution is 2.40. The van der Waals surface area contributed by atoms with Crippen LogP contribution in [0, 0.1) is 0 Å². The number of thioether (sulfide) groups is 1. The first-order chi connectivity index (χ1) is 10.3. The molecule has 1 amide bonds. The molecule has 0 spiro atoms. The molecule has 0 radical (unpaired) electrons. The van der Waals surface area contributed by atoms with Crippen LogP contribution >= 0.6 is 11.8 Å². The molecule has 1 aromatic carbocycles. The first-order valence-corrected chi connectivity index (χ1v) is 9.02. The van der Waals surface area contributed by atoms with E-state index in [-0.39, 0.29) is 5.92 Å². The summed E-state index contributed by atoms with van der Waals surface area (Å²) in [7, 11) is 0. The van der Waals surface area contributed by atoms with Crippen LogP contribution in [-0.2, 0) is 4.79 Å². The first-order valence-electron chi connectivity index (χ1n) is 8.04. The van der Waals surface area contributed by atoms with Gasteiger partial charge in [-0.1, -0.05) is 25.1 Å². The molecular formula is C17H24N2OS. The van der Waals surface area contributed by atoms with Gasteiger partial charge in [0.25, 0.3) is 0 Å². The molecule has 2 aliphatic rings. The number of hydrogen-bond acceptors (Lipinski definition) is 3. The van der Waals surface area contributed by atoms with Crippen LogP contribution < -0.4 is 5.32 Å². The van der Waals surface area contributed by atoms with Gasteiger partial charge in [-0.25, -0.2) is 0 Å². The van der Waals surface area contributed by atoms with Gasteiger partial charge in [0, 0.05) is 29.8 Å². The molecule has 2 unspecified atom stereocenters. The molecule has 3 rings (SSSR count). The smallest absolute Gasteiger partial charge is 0.231 e. The largest absolute Gasteiger partial charge is 0.338 e. The van der Waals surface area contributed by atoms with Crippen molar-refractivity contribution in [3.05, 3.63) is 29.8 Å². The fourth-order valence-corrected chi connectivity index (χ4v) is 4.60. The SMILES string of the molecule is CCCN(C(=O)C1CSc2ccccc21)C1CCCNC1. The van der Waals surface area contributed by atoms with E-state index in [9.17, 15) is 4.79 Å². The molecule has 2 heterocycles. The van der Waals surface area contributed by atoms with Gasteiger partial charge in [-0.2, -0.15) is 0 Å². The third-order valence-electron chi connectivity index (χ3n) is 4.46. The second-order valence-electron chi connectivity index (χ2n) is 5.93. The van der Waals surface area contributed by atoms with Crippen molar-refractivity contribution in [2.24, 2.45) is 0 Å². The number of nitrogens with zero attached hydrogens (tertiary/aromatic N) is 1.